The van der Waals surface area contributed by atoms with Gasteiger partial charge in [-0.15, -0.1) is 0 Å². The number of nitriles is 1. The molecule has 0 aromatic carbocycles. The third kappa shape index (κ3) is 20.6. The maximum atomic E-state index is 6.50. The van der Waals surface area contributed by atoms with Crippen molar-refractivity contribution in [3.63, 3.8) is 0 Å². The van der Waals surface area contributed by atoms with Gasteiger partial charge in [-0.05, 0) is 0 Å². The van der Waals surface area contributed by atoms with E-state index in [0.29, 0.717) is 0 Å². The van der Waals surface area contributed by atoms with E-state index in [1.165, 1.54) is 0 Å². The fourth-order valence-electron chi connectivity index (χ4n) is 0. The van der Waals surface area contributed by atoms with E-state index < -0.39 is 0 Å². The van der Waals surface area contributed by atoms with Gasteiger partial charge in [-0.2, -0.15) is 0 Å². The molecule has 0 amide bonds. The summed E-state index contributed by atoms with van der Waals surface area (Å²) >= 11 is 0. The van der Waals surface area contributed by atoms with Crippen molar-refractivity contribution in [2.24, 2.45) is 0 Å². The predicted molar refractivity (Wildman–Crippen MR) is 13.8 cm³/mol. The second kappa shape index (κ2) is 30.6. The van der Waals surface area contributed by atoms with E-state index in [1.807, 2.05) is 0 Å². The van der Waals surface area contributed by atoms with E-state index in [-0.39, 0.29) is 96.1 Å². The van der Waals surface area contributed by atoms with Crippen molar-refractivity contribution in [3.8, 4) is 6.57 Å². The van der Waals surface area contributed by atoms with E-state index in [1.54, 1.807) is 0 Å². The van der Waals surface area contributed by atoms with Gasteiger partial charge >= 0.3 is 51.4 Å². The zero-order valence-corrected chi connectivity index (χ0v) is 5.96. The molecule has 0 rings (SSSR count). The van der Waals surface area contributed by atoms with Gasteiger partial charge in [0, 0.05) is 51.3 Å². The fourth-order valence-corrected chi connectivity index (χ4v) is 0. The van der Waals surface area contributed by atoms with Gasteiger partial charge in [0.1, 0.15) is 0 Å². The molecular weight excluding hydrogens is 459 g/mol. The summed E-state index contributed by atoms with van der Waals surface area (Å²) in [5.41, 5.74) is 0. The van der Waals surface area contributed by atoms with Gasteiger partial charge in [0.2, 0.25) is 0 Å². The van der Waals surface area contributed by atoms with Gasteiger partial charge in [-0.25, -0.2) is 5.26 Å². The number of nitrogens with zero attached hydrogens (tertiary/aromatic N) is 1. The number of rotatable bonds is 0. The molecule has 1 nitrogen and oxygen atoms in total. The van der Waals surface area contributed by atoms with Crippen LogP contribution < -0.4 is 0 Å². The molecular formula is CH2Au2KN. The molecule has 0 aliphatic heterocycles. The van der Waals surface area contributed by atoms with Crippen LogP contribution in [0.4, 0.5) is 0 Å². The summed E-state index contributed by atoms with van der Waals surface area (Å²) in [7, 11) is 0. The van der Waals surface area contributed by atoms with Crippen LogP contribution in [0.3, 0.4) is 0 Å². The average Bonchev–Trinajstić information content (AvgIpc) is 1.00. The Balaban J connectivity index is -0.00000000167. The van der Waals surface area contributed by atoms with E-state index in [4.69, 9.17) is 5.26 Å². The van der Waals surface area contributed by atoms with Gasteiger partial charge in [0.15, 0.2) is 0 Å². The van der Waals surface area contributed by atoms with Crippen molar-refractivity contribution >= 4 is 51.4 Å². The van der Waals surface area contributed by atoms with E-state index in [9.17, 15) is 0 Å². The Labute approximate surface area is 105 Å². The zero-order valence-electron chi connectivity index (χ0n) is 1.63. The van der Waals surface area contributed by atoms with Gasteiger partial charge in [-0.1, -0.05) is 0 Å². The molecule has 0 bridgehead atoms. The normalized spacial score (nSPS) is 0.400. The van der Waals surface area contributed by atoms with Crippen LogP contribution >= 0.6 is 0 Å². The molecule has 5 heavy (non-hydrogen) atoms. The van der Waals surface area contributed by atoms with Crippen LogP contribution in [0.25, 0.3) is 0 Å². The van der Waals surface area contributed by atoms with Gasteiger partial charge in [0.25, 0.3) is 0 Å². The third-order valence-electron chi connectivity index (χ3n) is 0. The molecule has 0 atom stereocenters. The maximum absolute atomic E-state index is 6.50. The number of hydrogen-bond acceptors (Lipinski definition) is 1. The minimum absolute atomic E-state index is 0. The Kier molecular flexibility index (Phi) is 156. The topological polar surface area (TPSA) is 23.8 Å². The van der Waals surface area contributed by atoms with Crippen molar-refractivity contribution in [3.05, 3.63) is 0 Å². The summed E-state index contributed by atoms with van der Waals surface area (Å²) in [6, 6.07) is 0. The molecule has 0 aromatic heterocycles. The second-order valence-corrected chi connectivity index (χ2v) is 0. The molecule has 0 aliphatic rings. The zero-order chi connectivity index (χ0) is 2.00. The Hall–Kier alpha value is 2.61. The average molecular weight is 461 g/mol. The van der Waals surface area contributed by atoms with Gasteiger partial charge < -0.3 is 0 Å². The van der Waals surface area contributed by atoms with Gasteiger partial charge in [-0.3, -0.25) is 0 Å². The molecule has 34 valence electrons. The quantitative estimate of drug-likeness (QED) is 0.447. The summed E-state index contributed by atoms with van der Waals surface area (Å²) in [4.78, 5) is 0. The van der Waals surface area contributed by atoms with Crippen molar-refractivity contribution in [2.45, 2.75) is 0 Å². The molecule has 0 spiro atoms. The summed E-state index contributed by atoms with van der Waals surface area (Å²) in [6.07, 6.45) is 0. The molecule has 0 N–H and O–H groups in total. The first kappa shape index (κ1) is 25.5. The molecule has 0 saturated heterocycles. The monoisotopic (exact) mass is 461 g/mol. The van der Waals surface area contributed by atoms with E-state index in [2.05, 4.69) is 6.57 Å². The third-order valence-corrected chi connectivity index (χ3v) is 0. The summed E-state index contributed by atoms with van der Waals surface area (Å²) < 4.78 is 0. The first-order chi connectivity index (χ1) is 1.00. The number of hydrogen-bond donors (Lipinski definition) is 0. The van der Waals surface area contributed by atoms with E-state index in [0.717, 1.165) is 0 Å². The Bertz CT molecular complexity index is 14.4. The van der Waals surface area contributed by atoms with Crippen molar-refractivity contribution in [1.82, 2.24) is 0 Å². The van der Waals surface area contributed by atoms with Crippen molar-refractivity contribution in [2.75, 3.05) is 0 Å². The van der Waals surface area contributed by atoms with Gasteiger partial charge in [0.05, 0.1) is 0 Å². The molecule has 4 heteroatoms. The van der Waals surface area contributed by atoms with Crippen LogP contribution in [0, 0.1) is 11.8 Å². The molecule has 0 unspecified atom stereocenters. The predicted octanol–water partition coefficient (Wildman–Crippen LogP) is -0.514. The molecule has 0 heterocycles. The first-order valence-corrected chi connectivity index (χ1v) is 0.258. The van der Waals surface area contributed by atoms with Crippen LogP contribution in [-0.2, 0) is 44.8 Å². The molecule has 0 aromatic rings. The Morgan fingerprint density at radius 3 is 1.00 bits per heavy atom. The fraction of sp³-hybridized carbons (Fsp3) is 0. The van der Waals surface area contributed by atoms with Crippen LogP contribution in [0.1, 0.15) is 0 Å². The second-order valence-electron chi connectivity index (χ2n) is 0. The summed E-state index contributed by atoms with van der Waals surface area (Å²) in [5.74, 6) is 0. The van der Waals surface area contributed by atoms with Crippen LogP contribution in [0.5, 0.6) is 0 Å². The SMILES string of the molecule is C#N.[Au].[Au].[KH]. The standard InChI is InChI=1S/CHN.2Au.K.H/c1-2;;;;/h1H;;;;. The summed E-state index contributed by atoms with van der Waals surface area (Å²) in [6.45, 7) is 3.50. The minimum atomic E-state index is 0. The van der Waals surface area contributed by atoms with Crippen LogP contribution in [0.2, 0.25) is 0 Å². The van der Waals surface area contributed by atoms with E-state index >= 15 is 0 Å². The van der Waals surface area contributed by atoms with Crippen LogP contribution in [-0.4, -0.2) is 51.4 Å². The molecule has 2 radical (unpaired) electrons. The van der Waals surface area contributed by atoms with Crippen molar-refractivity contribution < 1.29 is 44.8 Å². The molecule has 0 aliphatic carbocycles. The summed E-state index contributed by atoms with van der Waals surface area (Å²) in [5, 5.41) is 6.50. The van der Waals surface area contributed by atoms with Crippen molar-refractivity contribution in [1.29, 1.82) is 5.26 Å². The Morgan fingerprint density at radius 1 is 1.00 bits per heavy atom. The molecule has 0 fully saturated rings. The molecule has 0 saturated carbocycles. The van der Waals surface area contributed by atoms with Crippen LogP contribution in [0.15, 0.2) is 0 Å². The Morgan fingerprint density at radius 2 is 1.00 bits per heavy atom. The first-order valence-electron chi connectivity index (χ1n) is 0.258.